The van der Waals surface area contributed by atoms with E-state index in [1.165, 1.54) is 36.4 Å². The first-order valence-electron chi connectivity index (χ1n) is 12.1. The summed E-state index contributed by atoms with van der Waals surface area (Å²) in [5, 5.41) is 19.0. The van der Waals surface area contributed by atoms with E-state index in [4.69, 9.17) is 19.8 Å². The van der Waals surface area contributed by atoms with E-state index in [0.29, 0.717) is 11.1 Å². The Morgan fingerprint density at radius 2 is 1.12 bits per heavy atom. The lowest BCUT2D eigenvalue weighted by Crippen LogP contribution is -2.25. The normalized spacial score (nSPS) is 10.2. The second kappa shape index (κ2) is 14.9. The molecular weight excluding hydrogens is 582 g/mol. The average Bonchev–Trinajstić information content (AvgIpc) is 2.93. The number of hydrogen-bond acceptors (Lipinski definition) is 5. The Balaban J connectivity index is 0.000000238. The van der Waals surface area contributed by atoms with Crippen LogP contribution in [0.25, 0.3) is 0 Å². The molecule has 0 bridgehead atoms. The second-order valence-corrected chi connectivity index (χ2v) is 8.51. The van der Waals surface area contributed by atoms with Gasteiger partial charge in [-0.1, -0.05) is 24.3 Å². The first-order valence-corrected chi connectivity index (χ1v) is 12.1. The number of nitrogens with one attached hydrogen (secondary N) is 1. The molecule has 4 rings (SSSR count). The predicted octanol–water partition coefficient (Wildman–Crippen LogP) is 6.32. The van der Waals surface area contributed by atoms with Gasteiger partial charge in [0.2, 0.25) is 0 Å². The summed E-state index contributed by atoms with van der Waals surface area (Å²) >= 11 is 0. The fraction of sp³-hybridized carbons (Fsp3) is 0.100. The molecular formula is C30H20F6N2O5. The number of hydrogen-bond donors (Lipinski definition) is 2. The third kappa shape index (κ3) is 9.25. The van der Waals surface area contributed by atoms with Crippen molar-refractivity contribution in [3.05, 3.63) is 130 Å². The van der Waals surface area contributed by atoms with E-state index in [1.807, 2.05) is 0 Å². The van der Waals surface area contributed by atoms with E-state index in [1.54, 1.807) is 18.2 Å². The summed E-state index contributed by atoms with van der Waals surface area (Å²) < 4.78 is 90.7. The van der Waals surface area contributed by atoms with Gasteiger partial charge in [-0.05, 0) is 35.4 Å². The van der Waals surface area contributed by atoms with Crippen LogP contribution in [0.15, 0.2) is 72.8 Å². The Kier molecular flexibility index (Phi) is 11.1. The molecule has 0 fully saturated rings. The number of nitriles is 1. The number of carbonyl (C=O) groups excluding carboxylic acids is 1. The summed E-state index contributed by atoms with van der Waals surface area (Å²) in [6.45, 7) is -0.546. The lowest BCUT2D eigenvalue weighted by molar-refractivity contribution is 0.0686. The maximum atomic E-state index is 13.9. The standard InChI is InChI=1S/C16H11F3N2O2.C14H9F3O3/c17-11-3-1-2-10(6-11)9-23-12-7-13(18)15(14(19)8-12)16(22)21-5-4-20;15-9-3-1-2-8(4-9)7-20-10-5-11(16)13(14(18)19)12(17)6-10/h1-3,6-8H,5,9H2,(H,21,22);1-6H,7H2,(H,18,19). The number of aromatic carboxylic acids is 1. The van der Waals surface area contributed by atoms with E-state index in [9.17, 15) is 35.9 Å². The van der Waals surface area contributed by atoms with Crippen molar-refractivity contribution in [2.24, 2.45) is 0 Å². The van der Waals surface area contributed by atoms with E-state index in [-0.39, 0.29) is 31.3 Å². The molecule has 1 amide bonds. The molecule has 0 unspecified atom stereocenters. The van der Waals surface area contributed by atoms with Gasteiger partial charge in [-0.3, -0.25) is 4.79 Å². The third-order valence-corrected chi connectivity index (χ3v) is 5.39. The van der Waals surface area contributed by atoms with Crippen molar-refractivity contribution in [3.63, 3.8) is 0 Å². The van der Waals surface area contributed by atoms with Gasteiger partial charge >= 0.3 is 5.97 Å². The maximum absolute atomic E-state index is 13.9. The van der Waals surface area contributed by atoms with Gasteiger partial charge in [-0.15, -0.1) is 0 Å². The molecule has 43 heavy (non-hydrogen) atoms. The minimum Gasteiger partial charge on any atom is -0.489 e. The Bertz CT molecular complexity index is 1630. The van der Waals surface area contributed by atoms with Crippen molar-refractivity contribution in [2.75, 3.05) is 6.54 Å². The number of carbonyl (C=O) groups is 2. The summed E-state index contributed by atoms with van der Waals surface area (Å²) in [6, 6.07) is 16.0. The van der Waals surface area contributed by atoms with Crippen LogP contribution < -0.4 is 14.8 Å². The monoisotopic (exact) mass is 602 g/mol. The Hall–Kier alpha value is -5.51. The molecule has 0 saturated carbocycles. The summed E-state index contributed by atoms with van der Waals surface area (Å²) in [7, 11) is 0. The fourth-order valence-electron chi connectivity index (χ4n) is 3.48. The first-order chi connectivity index (χ1) is 20.5. The fourth-order valence-corrected chi connectivity index (χ4v) is 3.48. The summed E-state index contributed by atoms with van der Waals surface area (Å²) in [6.07, 6.45) is 0. The van der Waals surface area contributed by atoms with Crippen molar-refractivity contribution >= 4 is 11.9 Å². The molecule has 13 heteroatoms. The van der Waals surface area contributed by atoms with Gasteiger partial charge in [-0.25, -0.2) is 31.1 Å². The zero-order valence-corrected chi connectivity index (χ0v) is 21.8. The van der Waals surface area contributed by atoms with Crippen molar-refractivity contribution < 1.29 is 50.5 Å². The van der Waals surface area contributed by atoms with Crippen LogP contribution in [0, 0.1) is 46.2 Å². The highest BCUT2D eigenvalue weighted by atomic mass is 19.2. The van der Waals surface area contributed by atoms with Crippen LogP contribution in [0.2, 0.25) is 0 Å². The van der Waals surface area contributed by atoms with Crippen LogP contribution in [0.5, 0.6) is 11.5 Å². The third-order valence-electron chi connectivity index (χ3n) is 5.39. The zero-order valence-electron chi connectivity index (χ0n) is 21.8. The topological polar surface area (TPSA) is 109 Å². The first kappa shape index (κ1) is 32.0. The number of amides is 1. The molecule has 0 spiro atoms. The van der Waals surface area contributed by atoms with Crippen LogP contribution >= 0.6 is 0 Å². The van der Waals surface area contributed by atoms with E-state index in [0.717, 1.165) is 24.3 Å². The number of nitrogens with zero attached hydrogens (tertiary/aromatic N) is 1. The number of ether oxygens (including phenoxy) is 2. The number of rotatable bonds is 9. The van der Waals surface area contributed by atoms with Crippen LogP contribution in [-0.4, -0.2) is 23.5 Å². The number of carboxylic acids is 1. The molecule has 4 aromatic rings. The molecule has 0 atom stereocenters. The highest BCUT2D eigenvalue weighted by Gasteiger charge is 2.20. The summed E-state index contributed by atoms with van der Waals surface area (Å²) in [5.74, 6) is -8.63. The van der Waals surface area contributed by atoms with Gasteiger partial charge in [0, 0.05) is 24.3 Å². The highest BCUT2D eigenvalue weighted by molar-refractivity contribution is 5.95. The van der Waals surface area contributed by atoms with Gasteiger partial charge < -0.3 is 19.9 Å². The Morgan fingerprint density at radius 1 is 0.698 bits per heavy atom. The molecule has 4 aromatic carbocycles. The Morgan fingerprint density at radius 3 is 1.49 bits per heavy atom. The van der Waals surface area contributed by atoms with E-state index in [2.05, 4.69) is 5.32 Å². The molecule has 0 aliphatic heterocycles. The van der Waals surface area contributed by atoms with Gasteiger partial charge in [0.1, 0.15) is 77.3 Å². The smallest absolute Gasteiger partial charge is 0.341 e. The molecule has 0 aliphatic rings. The molecule has 2 N–H and O–H groups in total. The lowest BCUT2D eigenvalue weighted by atomic mass is 10.1. The van der Waals surface area contributed by atoms with Gasteiger partial charge in [0.25, 0.3) is 5.91 Å². The van der Waals surface area contributed by atoms with Gasteiger partial charge in [-0.2, -0.15) is 5.26 Å². The van der Waals surface area contributed by atoms with Crippen LogP contribution in [0.4, 0.5) is 26.3 Å². The maximum Gasteiger partial charge on any atom is 0.341 e. The summed E-state index contributed by atoms with van der Waals surface area (Å²) in [5.41, 5.74) is -0.865. The van der Waals surface area contributed by atoms with Gasteiger partial charge in [0.15, 0.2) is 0 Å². The molecule has 0 saturated heterocycles. The molecule has 0 aromatic heterocycles. The number of halogens is 6. The molecule has 0 aliphatic carbocycles. The van der Waals surface area contributed by atoms with Crippen molar-refractivity contribution in [1.29, 1.82) is 5.26 Å². The second-order valence-electron chi connectivity index (χ2n) is 8.51. The van der Waals surface area contributed by atoms with E-state index < -0.39 is 57.9 Å². The molecule has 7 nitrogen and oxygen atoms in total. The van der Waals surface area contributed by atoms with Crippen LogP contribution in [0.3, 0.4) is 0 Å². The quantitative estimate of drug-likeness (QED) is 0.172. The minimum atomic E-state index is -1.70. The van der Waals surface area contributed by atoms with Crippen molar-refractivity contribution in [2.45, 2.75) is 13.2 Å². The molecule has 222 valence electrons. The molecule has 0 radical (unpaired) electrons. The SMILES string of the molecule is N#CCNC(=O)c1c(F)cc(OCc2cccc(F)c2)cc1F.O=C(O)c1c(F)cc(OCc2cccc(F)c2)cc1F. The largest absolute Gasteiger partial charge is 0.489 e. The van der Waals surface area contributed by atoms with Crippen LogP contribution in [-0.2, 0) is 13.2 Å². The highest BCUT2D eigenvalue weighted by Crippen LogP contribution is 2.23. The van der Waals surface area contributed by atoms with Crippen molar-refractivity contribution in [1.82, 2.24) is 5.32 Å². The predicted molar refractivity (Wildman–Crippen MR) is 139 cm³/mol. The molecule has 0 heterocycles. The van der Waals surface area contributed by atoms with E-state index >= 15 is 0 Å². The van der Waals surface area contributed by atoms with Gasteiger partial charge in [0.05, 0.1) is 6.07 Å². The minimum absolute atomic E-state index is 0.0867. The number of carboxylic acid groups (broad SMARTS) is 1. The van der Waals surface area contributed by atoms with Crippen molar-refractivity contribution in [3.8, 4) is 17.6 Å². The average molecular weight is 602 g/mol. The summed E-state index contributed by atoms with van der Waals surface area (Å²) in [4.78, 5) is 22.2. The Labute approximate surface area is 240 Å². The zero-order chi connectivity index (χ0) is 31.5. The number of benzene rings is 4. The van der Waals surface area contributed by atoms with Crippen LogP contribution in [0.1, 0.15) is 31.8 Å². The lowest BCUT2D eigenvalue weighted by Gasteiger charge is -2.09.